The SMILES string of the molecule is CCOC1CC(c2ccc([N+](=O)[O-])cc2)c2c(n(C)c(=O)n(C)c2=O)O1. The summed E-state index contributed by atoms with van der Waals surface area (Å²) in [5.41, 5.74) is 0.102. The Balaban J connectivity index is 2.18. The van der Waals surface area contributed by atoms with E-state index in [0.717, 1.165) is 10.1 Å². The molecular weight excluding hydrogens is 342 g/mol. The van der Waals surface area contributed by atoms with Crippen molar-refractivity contribution in [2.24, 2.45) is 14.1 Å². The van der Waals surface area contributed by atoms with Crippen molar-refractivity contribution < 1.29 is 14.4 Å². The summed E-state index contributed by atoms with van der Waals surface area (Å²) in [5, 5.41) is 10.9. The van der Waals surface area contributed by atoms with Gasteiger partial charge in [0.25, 0.3) is 11.2 Å². The van der Waals surface area contributed by atoms with Gasteiger partial charge in [-0.25, -0.2) is 4.79 Å². The van der Waals surface area contributed by atoms with Crippen LogP contribution in [0.5, 0.6) is 5.88 Å². The van der Waals surface area contributed by atoms with E-state index >= 15 is 0 Å². The van der Waals surface area contributed by atoms with Crippen LogP contribution in [0.25, 0.3) is 0 Å². The third-order valence-electron chi connectivity index (χ3n) is 4.52. The van der Waals surface area contributed by atoms with Gasteiger partial charge in [-0.1, -0.05) is 12.1 Å². The molecule has 1 aromatic carbocycles. The van der Waals surface area contributed by atoms with Gasteiger partial charge in [0.15, 0.2) is 0 Å². The Morgan fingerprint density at radius 2 is 1.88 bits per heavy atom. The van der Waals surface area contributed by atoms with Crippen molar-refractivity contribution >= 4 is 5.69 Å². The fourth-order valence-electron chi connectivity index (χ4n) is 3.19. The van der Waals surface area contributed by atoms with Crippen molar-refractivity contribution in [3.8, 4) is 5.88 Å². The molecule has 2 heterocycles. The summed E-state index contributed by atoms with van der Waals surface area (Å²) in [7, 11) is 2.94. The van der Waals surface area contributed by atoms with Gasteiger partial charge in [0.05, 0.1) is 10.5 Å². The lowest BCUT2D eigenvalue weighted by Crippen LogP contribution is -2.44. The molecule has 0 fully saturated rings. The molecule has 9 nitrogen and oxygen atoms in total. The predicted molar refractivity (Wildman–Crippen MR) is 92.5 cm³/mol. The van der Waals surface area contributed by atoms with E-state index in [0.29, 0.717) is 18.6 Å². The van der Waals surface area contributed by atoms with E-state index in [4.69, 9.17) is 9.47 Å². The number of nitro groups is 1. The summed E-state index contributed by atoms with van der Waals surface area (Å²) >= 11 is 0. The number of fused-ring (bicyclic) bond motifs is 1. The number of hydrogen-bond donors (Lipinski definition) is 0. The minimum Gasteiger partial charge on any atom is -0.449 e. The first-order chi connectivity index (χ1) is 12.3. The highest BCUT2D eigenvalue weighted by Gasteiger charge is 2.35. The van der Waals surface area contributed by atoms with Crippen molar-refractivity contribution in [3.05, 3.63) is 66.3 Å². The van der Waals surface area contributed by atoms with E-state index in [1.165, 1.54) is 30.8 Å². The van der Waals surface area contributed by atoms with Crippen molar-refractivity contribution in [1.82, 2.24) is 9.13 Å². The smallest absolute Gasteiger partial charge is 0.333 e. The molecule has 1 aliphatic heterocycles. The van der Waals surface area contributed by atoms with Gasteiger partial charge in [-0.15, -0.1) is 0 Å². The van der Waals surface area contributed by atoms with Gasteiger partial charge < -0.3 is 9.47 Å². The van der Waals surface area contributed by atoms with Gasteiger partial charge >= 0.3 is 5.69 Å². The molecule has 0 bridgehead atoms. The molecule has 0 saturated carbocycles. The predicted octanol–water partition coefficient (Wildman–Crippen LogP) is 1.27. The second kappa shape index (κ2) is 6.75. The molecule has 0 saturated heterocycles. The number of aromatic nitrogens is 2. The molecule has 1 aromatic heterocycles. The van der Waals surface area contributed by atoms with E-state index in [2.05, 4.69) is 0 Å². The Morgan fingerprint density at radius 3 is 2.46 bits per heavy atom. The molecular formula is C17H19N3O6. The lowest BCUT2D eigenvalue weighted by molar-refractivity contribution is -0.384. The standard InChI is InChI=1S/C17H19N3O6/c1-4-25-13-9-12(10-5-7-11(8-6-10)20(23)24)14-15(21)18(2)17(22)19(3)16(14)26-13/h5-8,12-13H,4,9H2,1-3H3. The maximum absolute atomic E-state index is 12.7. The van der Waals surface area contributed by atoms with Crippen LogP contribution in [0.3, 0.4) is 0 Å². The van der Waals surface area contributed by atoms with Crippen LogP contribution in [-0.4, -0.2) is 27.0 Å². The molecule has 0 aliphatic carbocycles. The number of nitro benzene ring substituents is 1. The van der Waals surface area contributed by atoms with Crippen LogP contribution in [0.4, 0.5) is 5.69 Å². The zero-order chi connectivity index (χ0) is 19.0. The minimum absolute atomic E-state index is 0.0317. The van der Waals surface area contributed by atoms with Gasteiger partial charge in [-0.05, 0) is 12.5 Å². The van der Waals surface area contributed by atoms with Crippen LogP contribution in [0.2, 0.25) is 0 Å². The Morgan fingerprint density at radius 1 is 1.23 bits per heavy atom. The van der Waals surface area contributed by atoms with Crippen LogP contribution in [0.1, 0.15) is 30.4 Å². The summed E-state index contributed by atoms with van der Waals surface area (Å²) in [5.74, 6) is -0.229. The van der Waals surface area contributed by atoms with E-state index in [1.54, 1.807) is 12.1 Å². The quantitative estimate of drug-likeness (QED) is 0.600. The Labute approximate surface area is 148 Å². The van der Waals surface area contributed by atoms with Crippen LogP contribution >= 0.6 is 0 Å². The molecule has 26 heavy (non-hydrogen) atoms. The summed E-state index contributed by atoms with van der Waals surface area (Å²) in [6, 6.07) is 6.02. The fourth-order valence-corrected chi connectivity index (χ4v) is 3.19. The Kier molecular flexibility index (Phi) is 4.64. The maximum atomic E-state index is 12.7. The summed E-state index contributed by atoms with van der Waals surface area (Å²) in [6.45, 7) is 2.23. The number of ether oxygens (including phenoxy) is 2. The normalized spacial score (nSPS) is 18.9. The monoisotopic (exact) mass is 361 g/mol. The van der Waals surface area contributed by atoms with E-state index in [-0.39, 0.29) is 11.6 Å². The van der Waals surface area contributed by atoms with Crippen LogP contribution in [0.15, 0.2) is 33.9 Å². The highest BCUT2D eigenvalue weighted by molar-refractivity contribution is 5.42. The van der Waals surface area contributed by atoms with Gasteiger partial charge in [0.1, 0.15) is 0 Å². The van der Waals surface area contributed by atoms with E-state index in [1.807, 2.05) is 6.92 Å². The van der Waals surface area contributed by atoms with Crippen molar-refractivity contribution in [1.29, 1.82) is 0 Å². The molecule has 3 rings (SSSR count). The highest BCUT2D eigenvalue weighted by Crippen LogP contribution is 2.38. The van der Waals surface area contributed by atoms with Crippen LogP contribution < -0.4 is 16.0 Å². The molecule has 2 aromatic rings. The molecule has 9 heteroatoms. The molecule has 138 valence electrons. The molecule has 0 radical (unpaired) electrons. The summed E-state index contributed by atoms with van der Waals surface area (Å²) < 4.78 is 13.6. The van der Waals surface area contributed by atoms with E-state index < -0.39 is 28.4 Å². The number of hydrogen-bond acceptors (Lipinski definition) is 6. The minimum atomic E-state index is -0.620. The average Bonchev–Trinajstić information content (AvgIpc) is 2.64. The van der Waals surface area contributed by atoms with Gasteiger partial charge in [-0.2, -0.15) is 0 Å². The third-order valence-corrected chi connectivity index (χ3v) is 4.52. The number of nitrogens with zero attached hydrogens (tertiary/aromatic N) is 3. The lowest BCUT2D eigenvalue weighted by Gasteiger charge is -2.32. The Hall–Kier alpha value is -2.94. The summed E-state index contributed by atoms with van der Waals surface area (Å²) in [6.07, 6.45) is -0.253. The molecule has 2 unspecified atom stereocenters. The summed E-state index contributed by atoms with van der Waals surface area (Å²) in [4.78, 5) is 35.3. The first kappa shape index (κ1) is 17.9. The van der Waals surface area contributed by atoms with Crippen molar-refractivity contribution in [2.75, 3.05) is 6.61 Å². The van der Waals surface area contributed by atoms with Gasteiger partial charge in [0.2, 0.25) is 12.2 Å². The molecule has 2 atom stereocenters. The van der Waals surface area contributed by atoms with Crippen LogP contribution in [-0.2, 0) is 18.8 Å². The third kappa shape index (κ3) is 2.90. The number of non-ortho nitro benzene ring substituents is 1. The molecule has 0 spiro atoms. The fraction of sp³-hybridized carbons (Fsp3) is 0.412. The van der Waals surface area contributed by atoms with Gasteiger partial charge in [-0.3, -0.25) is 24.0 Å². The zero-order valence-corrected chi connectivity index (χ0v) is 14.7. The Bertz CT molecular complexity index is 960. The van der Waals surface area contributed by atoms with E-state index in [9.17, 15) is 19.7 Å². The van der Waals surface area contributed by atoms with Crippen molar-refractivity contribution in [2.45, 2.75) is 25.6 Å². The second-order valence-electron chi connectivity index (χ2n) is 6.06. The molecule has 0 N–H and O–H groups in total. The lowest BCUT2D eigenvalue weighted by atomic mass is 9.87. The average molecular weight is 361 g/mol. The van der Waals surface area contributed by atoms with Crippen LogP contribution in [0, 0.1) is 10.1 Å². The molecule has 1 aliphatic rings. The topological polar surface area (TPSA) is 106 Å². The van der Waals surface area contributed by atoms with Gasteiger partial charge in [0, 0.05) is 45.2 Å². The highest BCUT2D eigenvalue weighted by atomic mass is 16.7. The number of benzene rings is 1. The molecule has 0 amide bonds. The first-order valence-corrected chi connectivity index (χ1v) is 8.17. The van der Waals surface area contributed by atoms with Crippen molar-refractivity contribution in [3.63, 3.8) is 0 Å². The second-order valence-corrected chi connectivity index (χ2v) is 6.06. The largest absolute Gasteiger partial charge is 0.449 e. The first-order valence-electron chi connectivity index (χ1n) is 8.17. The maximum Gasteiger partial charge on any atom is 0.333 e. The zero-order valence-electron chi connectivity index (χ0n) is 14.7. The number of rotatable bonds is 4.